The maximum absolute atomic E-state index is 6.03. The fraction of sp³-hybridized carbons (Fsp3) is 0.571. The molecule has 3 nitrogen and oxygen atoms in total. The van der Waals surface area contributed by atoms with E-state index in [9.17, 15) is 0 Å². The van der Waals surface area contributed by atoms with Crippen LogP contribution in [0.25, 0.3) is 0 Å². The van der Waals surface area contributed by atoms with Crippen LogP contribution >= 0.6 is 11.6 Å². The van der Waals surface area contributed by atoms with E-state index >= 15 is 0 Å². The van der Waals surface area contributed by atoms with Crippen LogP contribution in [-0.2, 0) is 4.74 Å². The minimum Gasteiger partial charge on any atom is -0.495 e. The maximum atomic E-state index is 6.03. The standard InChI is InChI=1S/C14H20ClNO2/c1-17-12-5-3-4-11(9-12)16-13-8-10(15)6-7-14(13)18-2/h6-8,11-12,16H,3-5,9H2,1-2H3. The third-order valence-corrected chi connectivity index (χ3v) is 3.72. The molecule has 1 fully saturated rings. The van der Waals surface area contributed by atoms with Crippen molar-refractivity contribution in [3.63, 3.8) is 0 Å². The first-order valence-corrected chi connectivity index (χ1v) is 6.73. The van der Waals surface area contributed by atoms with E-state index in [0.29, 0.717) is 12.1 Å². The lowest BCUT2D eigenvalue weighted by atomic mass is 9.92. The fourth-order valence-electron chi connectivity index (χ4n) is 2.50. The molecule has 0 aliphatic heterocycles. The van der Waals surface area contributed by atoms with Gasteiger partial charge in [0.15, 0.2) is 0 Å². The summed E-state index contributed by atoms with van der Waals surface area (Å²) < 4.78 is 10.8. The van der Waals surface area contributed by atoms with Crippen LogP contribution in [0.5, 0.6) is 5.75 Å². The number of hydrogen-bond donors (Lipinski definition) is 1. The summed E-state index contributed by atoms with van der Waals surface area (Å²) in [7, 11) is 3.46. The van der Waals surface area contributed by atoms with Crippen molar-refractivity contribution in [3.05, 3.63) is 23.2 Å². The SMILES string of the molecule is COc1ccc(Cl)cc1NC1CCCC(OC)C1. The van der Waals surface area contributed by atoms with Gasteiger partial charge in [0.25, 0.3) is 0 Å². The summed E-state index contributed by atoms with van der Waals surface area (Å²) in [6.45, 7) is 0. The van der Waals surface area contributed by atoms with Gasteiger partial charge in [0.2, 0.25) is 0 Å². The second-order valence-electron chi connectivity index (χ2n) is 4.71. The van der Waals surface area contributed by atoms with Gasteiger partial charge in [0.1, 0.15) is 5.75 Å². The van der Waals surface area contributed by atoms with Gasteiger partial charge in [-0.05, 0) is 43.9 Å². The molecule has 0 amide bonds. The van der Waals surface area contributed by atoms with Gasteiger partial charge in [-0.15, -0.1) is 0 Å². The second kappa shape index (κ2) is 6.30. The lowest BCUT2D eigenvalue weighted by Gasteiger charge is -2.30. The largest absolute Gasteiger partial charge is 0.495 e. The monoisotopic (exact) mass is 269 g/mol. The average molecular weight is 270 g/mol. The Morgan fingerprint density at radius 3 is 2.83 bits per heavy atom. The van der Waals surface area contributed by atoms with E-state index < -0.39 is 0 Å². The number of hydrogen-bond acceptors (Lipinski definition) is 3. The van der Waals surface area contributed by atoms with E-state index in [1.807, 2.05) is 18.2 Å². The van der Waals surface area contributed by atoms with E-state index in [4.69, 9.17) is 21.1 Å². The summed E-state index contributed by atoms with van der Waals surface area (Å²) in [6.07, 6.45) is 4.91. The van der Waals surface area contributed by atoms with Crippen LogP contribution in [0, 0.1) is 0 Å². The van der Waals surface area contributed by atoms with Crippen LogP contribution in [-0.4, -0.2) is 26.4 Å². The van der Waals surface area contributed by atoms with Crippen molar-refractivity contribution < 1.29 is 9.47 Å². The molecule has 2 rings (SSSR count). The van der Waals surface area contributed by atoms with Crippen molar-refractivity contribution in [1.29, 1.82) is 0 Å². The van der Waals surface area contributed by atoms with Gasteiger partial charge in [-0.1, -0.05) is 11.6 Å². The highest BCUT2D eigenvalue weighted by atomic mass is 35.5. The van der Waals surface area contributed by atoms with Gasteiger partial charge >= 0.3 is 0 Å². The molecule has 0 bridgehead atoms. The van der Waals surface area contributed by atoms with Gasteiger partial charge in [0.05, 0.1) is 18.9 Å². The van der Waals surface area contributed by atoms with Crippen molar-refractivity contribution in [2.45, 2.75) is 37.8 Å². The van der Waals surface area contributed by atoms with E-state index in [2.05, 4.69) is 5.32 Å². The molecule has 0 heterocycles. The van der Waals surface area contributed by atoms with Gasteiger partial charge < -0.3 is 14.8 Å². The zero-order valence-corrected chi connectivity index (χ0v) is 11.7. The minimum absolute atomic E-state index is 0.362. The maximum Gasteiger partial charge on any atom is 0.142 e. The predicted molar refractivity (Wildman–Crippen MR) is 74.7 cm³/mol. The number of methoxy groups -OCH3 is 2. The zero-order valence-electron chi connectivity index (χ0n) is 10.9. The lowest BCUT2D eigenvalue weighted by Crippen LogP contribution is -2.31. The van der Waals surface area contributed by atoms with E-state index in [0.717, 1.165) is 35.7 Å². The Balaban J connectivity index is 2.06. The Kier molecular flexibility index (Phi) is 4.72. The van der Waals surface area contributed by atoms with E-state index in [1.54, 1.807) is 14.2 Å². The molecule has 4 heteroatoms. The fourth-order valence-corrected chi connectivity index (χ4v) is 2.68. The van der Waals surface area contributed by atoms with Gasteiger partial charge in [-0.3, -0.25) is 0 Å². The zero-order chi connectivity index (χ0) is 13.0. The number of rotatable bonds is 4. The third kappa shape index (κ3) is 3.30. The molecular weight excluding hydrogens is 250 g/mol. The smallest absolute Gasteiger partial charge is 0.142 e. The van der Waals surface area contributed by atoms with Crippen LogP contribution < -0.4 is 10.1 Å². The Hall–Kier alpha value is -0.930. The van der Waals surface area contributed by atoms with Crippen molar-refractivity contribution in [3.8, 4) is 5.75 Å². The molecular formula is C14H20ClNO2. The predicted octanol–water partition coefficient (Wildman–Crippen LogP) is 3.72. The first-order valence-electron chi connectivity index (χ1n) is 6.36. The molecule has 1 aromatic carbocycles. The first kappa shape index (κ1) is 13.5. The first-order chi connectivity index (χ1) is 8.72. The van der Waals surface area contributed by atoms with Crippen LogP contribution in [0.1, 0.15) is 25.7 Å². The van der Waals surface area contributed by atoms with Crippen molar-refractivity contribution >= 4 is 17.3 Å². The highest BCUT2D eigenvalue weighted by molar-refractivity contribution is 6.30. The van der Waals surface area contributed by atoms with Crippen molar-refractivity contribution in [2.75, 3.05) is 19.5 Å². The Labute approximate surface area is 113 Å². The van der Waals surface area contributed by atoms with Crippen LogP contribution in [0.4, 0.5) is 5.69 Å². The second-order valence-corrected chi connectivity index (χ2v) is 5.15. The van der Waals surface area contributed by atoms with Crippen LogP contribution in [0.15, 0.2) is 18.2 Å². The van der Waals surface area contributed by atoms with Crippen molar-refractivity contribution in [2.24, 2.45) is 0 Å². The van der Waals surface area contributed by atoms with Crippen molar-refractivity contribution in [1.82, 2.24) is 0 Å². The summed E-state index contributed by atoms with van der Waals surface area (Å²) in [6, 6.07) is 6.07. The molecule has 1 aliphatic rings. The molecule has 0 radical (unpaired) electrons. The molecule has 1 N–H and O–H groups in total. The Morgan fingerprint density at radius 1 is 1.28 bits per heavy atom. The molecule has 1 aromatic rings. The molecule has 0 saturated heterocycles. The minimum atomic E-state index is 0.362. The molecule has 0 spiro atoms. The normalized spacial score (nSPS) is 23.7. The van der Waals surface area contributed by atoms with Gasteiger partial charge in [-0.25, -0.2) is 0 Å². The van der Waals surface area contributed by atoms with E-state index in [1.165, 1.54) is 6.42 Å². The number of ether oxygens (including phenoxy) is 2. The summed E-state index contributed by atoms with van der Waals surface area (Å²) in [4.78, 5) is 0. The third-order valence-electron chi connectivity index (χ3n) is 3.48. The molecule has 1 aliphatic carbocycles. The number of anilines is 1. The van der Waals surface area contributed by atoms with Crippen LogP contribution in [0.2, 0.25) is 5.02 Å². The summed E-state index contributed by atoms with van der Waals surface area (Å²) in [5.41, 5.74) is 0.965. The van der Waals surface area contributed by atoms with Gasteiger partial charge in [-0.2, -0.15) is 0 Å². The molecule has 2 atom stereocenters. The van der Waals surface area contributed by atoms with Gasteiger partial charge in [0, 0.05) is 18.2 Å². The molecule has 2 unspecified atom stereocenters. The summed E-state index contributed by atoms with van der Waals surface area (Å²) >= 11 is 6.03. The quantitative estimate of drug-likeness (QED) is 0.904. The molecule has 0 aromatic heterocycles. The average Bonchev–Trinajstić information content (AvgIpc) is 2.39. The lowest BCUT2D eigenvalue weighted by molar-refractivity contribution is 0.0669. The molecule has 1 saturated carbocycles. The van der Waals surface area contributed by atoms with E-state index in [-0.39, 0.29) is 0 Å². The van der Waals surface area contributed by atoms with Crippen LogP contribution in [0.3, 0.4) is 0 Å². The topological polar surface area (TPSA) is 30.5 Å². The Bertz CT molecular complexity index is 397. The molecule has 100 valence electrons. The highest BCUT2D eigenvalue weighted by Gasteiger charge is 2.22. The Morgan fingerprint density at radius 2 is 2.11 bits per heavy atom. The highest BCUT2D eigenvalue weighted by Crippen LogP contribution is 2.31. The number of halogens is 1. The number of benzene rings is 1. The summed E-state index contributed by atoms with van der Waals surface area (Å²) in [5, 5.41) is 4.24. The number of nitrogens with one attached hydrogen (secondary N) is 1. The summed E-state index contributed by atoms with van der Waals surface area (Å²) in [5.74, 6) is 0.832. The molecule has 18 heavy (non-hydrogen) atoms.